The van der Waals surface area contributed by atoms with Gasteiger partial charge in [-0.25, -0.2) is 0 Å². The zero-order chi connectivity index (χ0) is 21.1. The number of aryl methyl sites for hydroxylation is 1. The first kappa shape index (κ1) is 22.2. The number of unbranched alkanes of at least 4 members (excludes halogenated alkanes) is 2. The third kappa shape index (κ3) is 7.11. The van der Waals surface area contributed by atoms with Crippen LogP contribution in [-0.4, -0.2) is 25.0 Å². The fourth-order valence-corrected chi connectivity index (χ4v) is 2.69. The molecule has 29 heavy (non-hydrogen) atoms. The van der Waals surface area contributed by atoms with E-state index in [2.05, 4.69) is 24.1 Å². The lowest BCUT2D eigenvalue weighted by atomic mass is 10.1. The van der Waals surface area contributed by atoms with Crippen molar-refractivity contribution in [3.63, 3.8) is 0 Å². The molecule has 0 saturated carbocycles. The molecule has 0 unspecified atom stereocenters. The Morgan fingerprint density at radius 1 is 1.03 bits per heavy atom. The van der Waals surface area contributed by atoms with Gasteiger partial charge in [0.25, 0.3) is 11.8 Å². The lowest BCUT2D eigenvalue weighted by Crippen LogP contribution is -2.24. The molecule has 0 aliphatic heterocycles. The van der Waals surface area contributed by atoms with Gasteiger partial charge in [-0.2, -0.15) is 0 Å². The number of anilines is 1. The third-order valence-electron chi connectivity index (χ3n) is 4.50. The number of rotatable bonds is 11. The van der Waals surface area contributed by atoms with E-state index in [-0.39, 0.29) is 11.8 Å². The van der Waals surface area contributed by atoms with Gasteiger partial charge in [0, 0.05) is 23.4 Å². The van der Waals surface area contributed by atoms with Gasteiger partial charge in [-0.05, 0) is 68.1 Å². The summed E-state index contributed by atoms with van der Waals surface area (Å²) in [6.07, 6.45) is 5.65. The first-order valence-corrected chi connectivity index (χ1v) is 10.1. The molecule has 0 radical (unpaired) electrons. The highest BCUT2D eigenvalue weighted by Crippen LogP contribution is 2.19. The number of nitrogens with one attached hydrogen (secondary N) is 2. The Morgan fingerprint density at radius 2 is 1.76 bits per heavy atom. The zero-order valence-electron chi connectivity index (χ0n) is 17.3. The van der Waals surface area contributed by atoms with Crippen molar-refractivity contribution in [3.8, 4) is 5.75 Å². The van der Waals surface area contributed by atoms with Crippen molar-refractivity contribution in [2.24, 2.45) is 0 Å². The molecule has 2 amide bonds. The van der Waals surface area contributed by atoms with E-state index in [0.29, 0.717) is 30.0 Å². The van der Waals surface area contributed by atoms with E-state index in [1.54, 1.807) is 36.4 Å². The Bertz CT molecular complexity index is 829. The van der Waals surface area contributed by atoms with Crippen molar-refractivity contribution < 1.29 is 14.3 Å². The molecule has 0 aliphatic carbocycles. The van der Waals surface area contributed by atoms with Gasteiger partial charge in [-0.1, -0.05) is 25.5 Å². The first-order chi connectivity index (χ1) is 14.0. The molecule has 0 fully saturated rings. The lowest BCUT2D eigenvalue weighted by molar-refractivity contribution is 0.0951. The molecule has 2 N–H and O–H groups in total. The van der Waals surface area contributed by atoms with E-state index in [1.165, 1.54) is 0 Å². The quantitative estimate of drug-likeness (QED) is 0.410. The molecule has 2 aromatic rings. The number of benzene rings is 2. The molecule has 154 valence electrons. The molecule has 0 bridgehead atoms. The summed E-state index contributed by atoms with van der Waals surface area (Å²) in [7, 11) is 0. The minimum atomic E-state index is -0.227. The van der Waals surface area contributed by atoms with E-state index >= 15 is 0 Å². The molecule has 0 spiro atoms. The van der Waals surface area contributed by atoms with Crippen LogP contribution in [0.15, 0.2) is 55.1 Å². The van der Waals surface area contributed by atoms with Crippen molar-refractivity contribution in [3.05, 3.63) is 71.8 Å². The molecule has 0 atom stereocenters. The summed E-state index contributed by atoms with van der Waals surface area (Å²) in [5, 5.41) is 5.79. The molecular formula is C24H30N2O3. The average molecular weight is 395 g/mol. The highest BCUT2D eigenvalue weighted by atomic mass is 16.5. The predicted molar refractivity (Wildman–Crippen MR) is 118 cm³/mol. The molecule has 5 nitrogen and oxygen atoms in total. The van der Waals surface area contributed by atoms with Crippen LogP contribution in [0, 0.1) is 6.92 Å². The van der Waals surface area contributed by atoms with Gasteiger partial charge in [0.1, 0.15) is 5.75 Å². The molecule has 5 heteroatoms. The summed E-state index contributed by atoms with van der Waals surface area (Å²) in [4.78, 5) is 24.9. The van der Waals surface area contributed by atoms with Crippen LogP contribution in [0.4, 0.5) is 5.69 Å². The van der Waals surface area contributed by atoms with Crippen LogP contribution in [0.3, 0.4) is 0 Å². The van der Waals surface area contributed by atoms with Crippen molar-refractivity contribution in [2.75, 3.05) is 18.5 Å². The summed E-state index contributed by atoms with van der Waals surface area (Å²) < 4.78 is 5.64. The fourth-order valence-electron chi connectivity index (χ4n) is 2.69. The second-order valence-electron chi connectivity index (χ2n) is 6.90. The molecule has 2 rings (SSSR count). The number of hydrogen-bond donors (Lipinski definition) is 2. The van der Waals surface area contributed by atoms with Crippen LogP contribution in [0.2, 0.25) is 0 Å². The van der Waals surface area contributed by atoms with Crippen LogP contribution in [0.25, 0.3) is 0 Å². The highest BCUT2D eigenvalue weighted by Gasteiger charge is 2.11. The monoisotopic (exact) mass is 394 g/mol. The van der Waals surface area contributed by atoms with Crippen LogP contribution in [0.5, 0.6) is 5.75 Å². The van der Waals surface area contributed by atoms with Gasteiger partial charge in [-0.15, -0.1) is 6.58 Å². The van der Waals surface area contributed by atoms with Gasteiger partial charge in [-0.3, -0.25) is 9.59 Å². The smallest absolute Gasteiger partial charge is 0.255 e. The second-order valence-corrected chi connectivity index (χ2v) is 6.90. The minimum Gasteiger partial charge on any atom is -0.494 e. The Labute approximate surface area is 173 Å². The number of hydrogen-bond acceptors (Lipinski definition) is 3. The molecule has 0 aliphatic rings. The first-order valence-electron chi connectivity index (χ1n) is 10.1. The number of allylic oxidation sites excluding steroid dienone is 1. The zero-order valence-corrected chi connectivity index (χ0v) is 17.3. The summed E-state index contributed by atoms with van der Waals surface area (Å²) in [5.74, 6) is 0.370. The second kappa shape index (κ2) is 11.7. The maximum Gasteiger partial charge on any atom is 0.255 e. The fraction of sp³-hybridized carbons (Fsp3) is 0.333. The number of amides is 2. The topological polar surface area (TPSA) is 67.4 Å². The lowest BCUT2D eigenvalue weighted by Gasteiger charge is -2.12. The molecule has 0 saturated heterocycles. The summed E-state index contributed by atoms with van der Waals surface area (Å²) in [6, 6.07) is 12.4. The van der Waals surface area contributed by atoms with Gasteiger partial charge >= 0.3 is 0 Å². The summed E-state index contributed by atoms with van der Waals surface area (Å²) in [5.41, 5.74) is 2.58. The van der Waals surface area contributed by atoms with Crippen LogP contribution in [-0.2, 0) is 0 Å². The number of carbonyl (C=O) groups is 2. The highest BCUT2D eigenvalue weighted by molar-refractivity contribution is 6.05. The maximum atomic E-state index is 12.6. The van der Waals surface area contributed by atoms with E-state index in [1.807, 2.05) is 19.1 Å². The largest absolute Gasteiger partial charge is 0.494 e. The van der Waals surface area contributed by atoms with Crippen LogP contribution >= 0.6 is 0 Å². The molecule has 0 aromatic heterocycles. The predicted octanol–water partition coefficient (Wildman–Crippen LogP) is 5.12. The SMILES string of the molecule is C=CCCCOc1ccc(C(=O)Nc2cc(C(=O)NCCCC)ccc2C)cc1. The standard InChI is InChI=1S/C24H30N2O3/c1-4-6-8-16-29-21-13-11-19(12-14-21)24(28)26-22-17-20(10-9-18(22)3)23(27)25-15-7-5-2/h4,9-14,17H,1,5-8,15-16H2,2-3H3,(H,25,27)(H,26,28). The maximum absolute atomic E-state index is 12.6. The Kier molecular flexibility index (Phi) is 8.96. The van der Waals surface area contributed by atoms with E-state index in [4.69, 9.17) is 4.74 Å². The average Bonchev–Trinajstić information content (AvgIpc) is 2.73. The Hall–Kier alpha value is -3.08. The van der Waals surface area contributed by atoms with Gasteiger partial charge in [0.2, 0.25) is 0 Å². The Morgan fingerprint density at radius 3 is 2.45 bits per heavy atom. The minimum absolute atomic E-state index is 0.132. The van der Waals surface area contributed by atoms with E-state index in [0.717, 1.165) is 37.0 Å². The van der Waals surface area contributed by atoms with Gasteiger partial charge in [0.05, 0.1) is 6.61 Å². The molecule has 2 aromatic carbocycles. The summed E-state index contributed by atoms with van der Waals surface area (Å²) >= 11 is 0. The molecular weight excluding hydrogens is 364 g/mol. The number of carbonyl (C=O) groups excluding carboxylic acids is 2. The Balaban J connectivity index is 1.99. The normalized spacial score (nSPS) is 10.3. The van der Waals surface area contributed by atoms with Crippen molar-refractivity contribution >= 4 is 17.5 Å². The van der Waals surface area contributed by atoms with Gasteiger partial charge < -0.3 is 15.4 Å². The van der Waals surface area contributed by atoms with E-state index < -0.39 is 0 Å². The van der Waals surface area contributed by atoms with Gasteiger partial charge in [0.15, 0.2) is 0 Å². The molecule has 0 heterocycles. The van der Waals surface area contributed by atoms with Crippen LogP contribution < -0.4 is 15.4 Å². The number of ether oxygens (including phenoxy) is 1. The van der Waals surface area contributed by atoms with Crippen LogP contribution in [0.1, 0.15) is 58.9 Å². The third-order valence-corrected chi connectivity index (χ3v) is 4.50. The summed E-state index contributed by atoms with van der Waals surface area (Å²) in [6.45, 7) is 8.92. The van der Waals surface area contributed by atoms with Crippen molar-refractivity contribution in [1.29, 1.82) is 0 Å². The van der Waals surface area contributed by atoms with Crippen molar-refractivity contribution in [2.45, 2.75) is 39.5 Å². The van der Waals surface area contributed by atoms with E-state index in [9.17, 15) is 9.59 Å². The van der Waals surface area contributed by atoms with Crippen molar-refractivity contribution in [1.82, 2.24) is 5.32 Å².